The van der Waals surface area contributed by atoms with Crippen molar-refractivity contribution in [3.8, 4) is 17.0 Å². The number of benzene rings is 2. The third-order valence-corrected chi connectivity index (χ3v) is 5.02. The molecule has 0 saturated heterocycles. The van der Waals surface area contributed by atoms with Crippen LogP contribution in [0.3, 0.4) is 0 Å². The van der Waals surface area contributed by atoms with Crippen molar-refractivity contribution in [2.75, 3.05) is 18.2 Å². The molecular formula is C18H16N2O2S2. The van der Waals surface area contributed by atoms with Gasteiger partial charge < -0.3 is 10.1 Å². The average Bonchev–Trinajstić information content (AvgIpc) is 3.09. The molecule has 0 atom stereocenters. The number of nitrogens with zero attached hydrogens (tertiary/aromatic N) is 1. The Labute approximate surface area is 148 Å². The molecule has 24 heavy (non-hydrogen) atoms. The Morgan fingerprint density at radius 3 is 2.62 bits per heavy atom. The lowest BCUT2D eigenvalue weighted by atomic mass is 10.2. The first-order valence-corrected chi connectivity index (χ1v) is 9.19. The van der Waals surface area contributed by atoms with Gasteiger partial charge >= 0.3 is 0 Å². The van der Waals surface area contributed by atoms with Crippen molar-refractivity contribution in [3.05, 3.63) is 60.0 Å². The van der Waals surface area contributed by atoms with E-state index >= 15 is 0 Å². The van der Waals surface area contributed by atoms with Crippen LogP contribution in [0.4, 0.5) is 5.13 Å². The minimum absolute atomic E-state index is 0.0560. The highest BCUT2D eigenvalue weighted by atomic mass is 32.2. The van der Waals surface area contributed by atoms with Crippen LogP contribution in [-0.4, -0.2) is 23.8 Å². The van der Waals surface area contributed by atoms with E-state index in [4.69, 9.17) is 4.74 Å². The van der Waals surface area contributed by atoms with E-state index in [9.17, 15) is 4.79 Å². The zero-order chi connectivity index (χ0) is 16.8. The zero-order valence-corrected chi connectivity index (χ0v) is 14.7. The molecule has 1 N–H and O–H groups in total. The molecule has 0 radical (unpaired) electrons. The number of aromatic nitrogens is 1. The van der Waals surface area contributed by atoms with Gasteiger partial charge in [-0.1, -0.05) is 18.2 Å². The van der Waals surface area contributed by atoms with Gasteiger partial charge in [0.15, 0.2) is 5.13 Å². The quantitative estimate of drug-likeness (QED) is 0.658. The Hall–Kier alpha value is -2.31. The standard InChI is InChI=1S/C18H16N2O2S2/c1-22-14-9-7-13(8-10-14)16-11-24-18(19-16)20-17(21)12-23-15-5-3-2-4-6-15/h2-11H,12H2,1H3,(H,19,20,21). The number of hydrogen-bond donors (Lipinski definition) is 1. The summed E-state index contributed by atoms with van der Waals surface area (Å²) in [6.07, 6.45) is 0. The summed E-state index contributed by atoms with van der Waals surface area (Å²) in [6, 6.07) is 17.5. The largest absolute Gasteiger partial charge is 0.497 e. The van der Waals surface area contributed by atoms with Gasteiger partial charge in [-0.3, -0.25) is 4.79 Å². The van der Waals surface area contributed by atoms with Gasteiger partial charge in [-0.2, -0.15) is 0 Å². The number of hydrogen-bond acceptors (Lipinski definition) is 5. The van der Waals surface area contributed by atoms with Gasteiger partial charge in [0.05, 0.1) is 18.6 Å². The second kappa shape index (κ2) is 7.99. The van der Waals surface area contributed by atoms with Crippen LogP contribution in [0.15, 0.2) is 64.9 Å². The minimum atomic E-state index is -0.0560. The zero-order valence-electron chi connectivity index (χ0n) is 13.1. The number of thioether (sulfide) groups is 1. The molecule has 3 aromatic rings. The number of methoxy groups -OCH3 is 1. The highest BCUT2D eigenvalue weighted by Crippen LogP contribution is 2.26. The highest BCUT2D eigenvalue weighted by Gasteiger charge is 2.09. The van der Waals surface area contributed by atoms with E-state index in [-0.39, 0.29) is 5.91 Å². The van der Waals surface area contributed by atoms with Gasteiger partial charge in [0, 0.05) is 15.8 Å². The molecule has 1 heterocycles. The molecule has 122 valence electrons. The smallest absolute Gasteiger partial charge is 0.236 e. The average molecular weight is 356 g/mol. The number of carbonyl (C=O) groups excluding carboxylic acids is 1. The lowest BCUT2D eigenvalue weighted by Crippen LogP contribution is -2.13. The number of carbonyl (C=O) groups is 1. The number of nitrogens with one attached hydrogen (secondary N) is 1. The normalized spacial score (nSPS) is 10.4. The summed E-state index contributed by atoms with van der Waals surface area (Å²) in [7, 11) is 1.64. The topological polar surface area (TPSA) is 51.2 Å². The molecule has 0 saturated carbocycles. The molecule has 4 nitrogen and oxygen atoms in total. The van der Waals surface area contributed by atoms with Crippen molar-refractivity contribution in [1.29, 1.82) is 0 Å². The fraction of sp³-hybridized carbons (Fsp3) is 0.111. The fourth-order valence-corrected chi connectivity index (χ4v) is 3.50. The van der Waals surface area contributed by atoms with Gasteiger partial charge in [-0.25, -0.2) is 4.98 Å². The highest BCUT2D eigenvalue weighted by molar-refractivity contribution is 8.00. The van der Waals surface area contributed by atoms with Crippen LogP contribution < -0.4 is 10.1 Å². The second-order valence-electron chi connectivity index (χ2n) is 4.92. The summed E-state index contributed by atoms with van der Waals surface area (Å²) in [4.78, 5) is 17.6. The first-order valence-electron chi connectivity index (χ1n) is 7.32. The Morgan fingerprint density at radius 1 is 1.17 bits per heavy atom. The van der Waals surface area contributed by atoms with Crippen molar-refractivity contribution in [2.45, 2.75) is 4.90 Å². The van der Waals surface area contributed by atoms with Crippen molar-refractivity contribution >= 4 is 34.1 Å². The van der Waals surface area contributed by atoms with Gasteiger partial charge in [0.25, 0.3) is 0 Å². The van der Waals surface area contributed by atoms with Crippen LogP contribution in [0.25, 0.3) is 11.3 Å². The molecule has 0 fully saturated rings. The van der Waals surface area contributed by atoms with Crippen molar-refractivity contribution in [2.24, 2.45) is 0 Å². The monoisotopic (exact) mass is 356 g/mol. The van der Waals surface area contributed by atoms with Crippen LogP contribution >= 0.6 is 23.1 Å². The van der Waals surface area contributed by atoms with E-state index in [0.29, 0.717) is 10.9 Å². The third-order valence-electron chi connectivity index (χ3n) is 3.25. The van der Waals surface area contributed by atoms with E-state index in [2.05, 4.69) is 10.3 Å². The first-order chi connectivity index (χ1) is 11.7. The molecule has 2 aromatic carbocycles. The molecule has 0 bridgehead atoms. The SMILES string of the molecule is COc1ccc(-c2csc(NC(=O)CSc3ccccc3)n2)cc1. The molecule has 0 aliphatic carbocycles. The van der Waals surface area contributed by atoms with Crippen LogP contribution in [0.1, 0.15) is 0 Å². The minimum Gasteiger partial charge on any atom is -0.497 e. The summed E-state index contributed by atoms with van der Waals surface area (Å²) in [5.41, 5.74) is 1.83. The molecule has 1 amide bonds. The van der Waals surface area contributed by atoms with Crippen LogP contribution in [-0.2, 0) is 4.79 Å². The third kappa shape index (κ3) is 4.37. The van der Waals surface area contributed by atoms with Gasteiger partial charge in [-0.15, -0.1) is 23.1 Å². The van der Waals surface area contributed by atoms with Crippen molar-refractivity contribution in [3.63, 3.8) is 0 Å². The maximum atomic E-state index is 12.0. The van der Waals surface area contributed by atoms with Crippen LogP contribution in [0.5, 0.6) is 5.75 Å². The fourth-order valence-electron chi connectivity index (χ4n) is 2.05. The summed E-state index contributed by atoms with van der Waals surface area (Å²) >= 11 is 2.93. The second-order valence-corrected chi connectivity index (χ2v) is 6.82. The molecule has 3 rings (SSSR count). The predicted octanol–water partition coefficient (Wildman–Crippen LogP) is 4.55. The van der Waals surface area contributed by atoms with E-state index in [1.165, 1.54) is 23.1 Å². The number of anilines is 1. The van der Waals surface area contributed by atoms with Gasteiger partial charge in [-0.05, 0) is 36.4 Å². The summed E-state index contributed by atoms with van der Waals surface area (Å²) in [6.45, 7) is 0. The summed E-state index contributed by atoms with van der Waals surface area (Å²) in [5, 5.41) is 5.39. The summed E-state index contributed by atoms with van der Waals surface area (Å²) in [5.74, 6) is 1.11. The predicted molar refractivity (Wildman–Crippen MR) is 99.9 cm³/mol. The Morgan fingerprint density at radius 2 is 1.92 bits per heavy atom. The molecule has 1 aromatic heterocycles. The molecule has 0 spiro atoms. The van der Waals surface area contributed by atoms with E-state index < -0.39 is 0 Å². The number of rotatable bonds is 6. The van der Waals surface area contributed by atoms with E-state index in [0.717, 1.165) is 21.9 Å². The van der Waals surface area contributed by atoms with E-state index in [1.807, 2.05) is 60.0 Å². The molecule has 0 aliphatic rings. The van der Waals surface area contributed by atoms with Gasteiger partial charge in [0.2, 0.25) is 5.91 Å². The van der Waals surface area contributed by atoms with Gasteiger partial charge in [0.1, 0.15) is 5.75 Å². The molecular weight excluding hydrogens is 340 g/mol. The van der Waals surface area contributed by atoms with Crippen molar-refractivity contribution < 1.29 is 9.53 Å². The number of ether oxygens (including phenoxy) is 1. The lowest BCUT2D eigenvalue weighted by Gasteiger charge is -2.02. The van der Waals surface area contributed by atoms with E-state index in [1.54, 1.807) is 7.11 Å². The maximum Gasteiger partial charge on any atom is 0.236 e. The lowest BCUT2D eigenvalue weighted by molar-refractivity contribution is -0.113. The Bertz CT molecular complexity index is 801. The van der Waals surface area contributed by atoms with Crippen molar-refractivity contribution in [1.82, 2.24) is 4.98 Å². The summed E-state index contributed by atoms with van der Waals surface area (Å²) < 4.78 is 5.15. The molecule has 6 heteroatoms. The Kier molecular flexibility index (Phi) is 5.51. The molecule has 0 aliphatic heterocycles. The van der Waals surface area contributed by atoms with Crippen LogP contribution in [0.2, 0.25) is 0 Å². The molecule has 0 unspecified atom stereocenters. The first kappa shape index (κ1) is 16.5. The maximum absolute atomic E-state index is 12.0. The number of amides is 1. The van der Waals surface area contributed by atoms with Crippen LogP contribution in [0, 0.1) is 0 Å². The Balaban J connectivity index is 1.58. The number of thiazole rings is 1.